The molecule has 1 heterocycles. The Labute approximate surface area is 214 Å². The van der Waals surface area contributed by atoms with Crippen molar-refractivity contribution in [1.82, 2.24) is 4.90 Å². The maximum Gasteiger partial charge on any atom is 0.162 e. The molecule has 0 fully saturated rings. The van der Waals surface area contributed by atoms with Crippen LogP contribution >= 0.6 is 11.6 Å². The Kier molecular flexibility index (Phi) is 7.23. The van der Waals surface area contributed by atoms with Crippen molar-refractivity contribution >= 4 is 23.2 Å². The van der Waals surface area contributed by atoms with E-state index in [1.807, 2.05) is 25.1 Å². The van der Waals surface area contributed by atoms with Gasteiger partial charge in [-0.1, -0.05) is 52.3 Å². The summed E-state index contributed by atoms with van der Waals surface area (Å²) in [6, 6.07) is 5.73. The molecular formula is C29H38ClNO4. The van der Waals surface area contributed by atoms with Gasteiger partial charge in [0, 0.05) is 55.0 Å². The minimum absolute atomic E-state index is 0.121. The predicted molar refractivity (Wildman–Crippen MR) is 139 cm³/mol. The van der Waals surface area contributed by atoms with Crippen molar-refractivity contribution < 1.29 is 19.1 Å². The minimum atomic E-state index is -0.399. The quantitative estimate of drug-likeness (QED) is 0.431. The zero-order valence-corrected chi connectivity index (χ0v) is 22.7. The second-order valence-electron chi connectivity index (χ2n) is 11.7. The summed E-state index contributed by atoms with van der Waals surface area (Å²) < 4.78 is 11.2. The maximum atomic E-state index is 13.7. The number of hydrogen-bond acceptors (Lipinski definition) is 5. The third-order valence-electron chi connectivity index (χ3n) is 7.29. The van der Waals surface area contributed by atoms with E-state index in [0.29, 0.717) is 43.4 Å². The van der Waals surface area contributed by atoms with Gasteiger partial charge in [-0.15, -0.1) is 0 Å². The molecule has 6 heteroatoms. The van der Waals surface area contributed by atoms with Gasteiger partial charge in [-0.25, -0.2) is 0 Å². The van der Waals surface area contributed by atoms with Gasteiger partial charge in [-0.2, -0.15) is 0 Å². The molecule has 0 aromatic heterocycles. The Morgan fingerprint density at radius 3 is 2.00 bits per heavy atom. The van der Waals surface area contributed by atoms with Gasteiger partial charge < -0.3 is 14.4 Å². The first-order valence-electron chi connectivity index (χ1n) is 12.7. The van der Waals surface area contributed by atoms with Crippen molar-refractivity contribution in [3.05, 3.63) is 51.3 Å². The van der Waals surface area contributed by atoms with E-state index in [4.69, 9.17) is 21.1 Å². The third kappa shape index (κ3) is 5.08. The SMILES string of the molecule is CCCOc1ccc(C2C3=C(CC(C)(C)CC3=O)N(CCOC)C3=C2C(=O)CC(C)(C)C3)cc1Cl. The normalized spacial score (nSPS) is 21.9. The van der Waals surface area contributed by atoms with Crippen molar-refractivity contribution in [3.8, 4) is 5.75 Å². The number of methoxy groups -OCH3 is 1. The Bertz CT molecular complexity index is 1040. The number of nitrogens with zero attached hydrogens (tertiary/aromatic N) is 1. The lowest BCUT2D eigenvalue weighted by Crippen LogP contribution is -2.45. The Morgan fingerprint density at radius 2 is 1.51 bits per heavy atom. The molecule has 1 aromatic rings. The Balaban J connectivity index is 1.92. The second-order valence-corrected chi connectivity index (χ2v) is 12.1. The summed E-state index contributed by atoms with van der Waals surface area (Å²) in [6.07, 6.45) is 3.39. The lowest BCUT2D eigenvalue weighted by molar-refractivity contribution is -0.119. The molecule has 5 nitrogen and oxygen atoms in total. The van der Waals surface area contributed by atoms with Crippen molar-refractivity contribution in [3.63, 3.8) is 0 Å². The van der Waals surface area contributed by atoms with Crippen LogP contribution in [0.2, 0.25) is 5.02 Å². The van der Waals surface area contributed by atoms with Crippen molar-refractivity contribution in [1.29, 1.82) is 0 Å². The predicted octanol–water partition coefficient (Wildman–Crippen LogP) is 6.46. The number of ketones is 2. The standard InChI is InChI=1S/C29H38ClNO4/c1-7-11-35-24-9-8-18(13-19(24)30)25-26-20(14-28(2,3)16-22(26)32)31(10-12-34-6)21-15-29(4,5)17-23(33)27(21)25/h8-9,13,25H,7,10-12,14-17H2,1-6H3. The number of Topliss-reactive ketones (excluding diaryl/α,β-unsaturated/α-hetero) is 2. The molecule has 0 atom stereocenters. The summed E-state index contributed by atoms with van der Waals surface area (Å²) in [6.45, 7) is 12.4. The van der Waals surface area contributed by atoms with E-state index in [9.17, 15) is 9.59 Å². The zero-order chi connectivity index (χ0) is 25.5. The summed E-state index contributed by atoms with van der Waals surface area (Å²) in [5.74, 6) is 0.472. The van der Waals surface area contributed by atoms with Crippen LogP contribution in [0.3, 0.4) is 0 Å². The summed E-state index contributed by atoms with van der Waals surface area (Å²) in [4.78, 5) is 29.7. The minimum Gasteiger partial charge on any atom is -0.492 e. The number of carbonyl (C=O) groups is 2. The number of halogens is 1. The molecule has 0 unspecified atom stereocenters. The van der Waals surface area contributed by atoms with Crippen molar-refractivity contribution in [2.75, 3.05) is 26.9 Å². The van der Waals surface area contributed by atoms with E-state index in [-0.39, 0.29) is 22.4 Å². The molecule has 0 radical (unpaired) electrons. The van der Waals surface area contributed by atoms with Crippen LogP contribution < -0.4 is 4.74 Å². The second kappa shape index (κ2) is 9.74. The highest BCUT2D eigenvalue weighted by Gasteiger charge is 2.48. The number of carbonyl (C=O) groups excluding carboxylic acids is 2. The molecule has 190 valence electrons. The molecule has 0 amide bonds. The molecule has 4 rings (SSSR count). The molecule has 1 aromatic carbocycles. The zero-order valence-electron chi connectivity index (χ0n) is 21.9. The van der Waals surface area contributed by atoms with Gasteiger partial charge in [0.15, 0.2) is 11.6 Å². The average molecular weight is 500 g/mol. The fourth-order valence-corrected chi connectivity index (χ4v) is 6.10. The molecule has 1 aliphatic heterocycles. The first-order chi connectivity index (χ1) is 16.5. The number of rotatable bonds is 7. The Morgan fingerprint density at radius 1 is 0.943 bits per heavy atom. The van der Waals surface area contributed by atoms with E-state index in [0.717, 1.165) is 47.4 Å². The van der Waals surface area contributed by atoms with Gasteiger partial charge in [0.25, 0.3) is 0 Å². The van der Waals surface area contributed by atoms with Crippen molar-refractivity contribution in [2.24, 2.45) is 10.8 Å². The van der Waals surface area contributed by atoms with Crippen molar-refractivity contribution in [2.45, 2.75) is 72.6 Å². The van der Waals surface area contributed by atoms with Gasteiger partial charge in [0.05, 0.1) is 18.2 Å². The van der Waals surface area contributed by atoms with Crippen LogP contribution in [0.4, 0.5) is 0 Å². The molecule has 0 bridgehead atoms. The van der Waals surface area contributed by atoms with Crippen LogP contribution in [0.25, 0.3) is 0 Å². The summed E-state index contributed by atoms with van der Waals surface area (Å²) in [5, 5.41) is 0.509. The molecule has 0 saturated heterocycles. The van der Waals surface area contributed by atoms with Gasteiger partial charge in [0.1, 0.15) is 5.75 Å². The van der Waals surface area contributed by atoms with Gasteiger partial charge in [-0.05, 0) is 47.8 Å². The number of hydrogen-bond donors (Lipinski definition) is 0. The van der Waals surface area contributed by atoms with E-state index < -0.39 is 5.92 Å². The molecular weight excluding hydrogens is 462 g/mol. The number of benzene rings is 1. The lowest BCUT2D eigenvalue weighted by Gasteiger charge is -2.49. The highest BCUT2D eigenvalue weighted by atomic mass is 35.5. The molecule has 2 aliphatic carbocycles. The average Bonchev–Trinajstić information content (AvgIpc) is 2.75. The van der Waals surface area contributed by atoms with E-state index >= 15 is 0 Å². The topological polar surface area (TPSA) is 55.8 Å². The van der Waals surface area contributed by atoms with Crippen LogP contribution in [0.5, 0.6) is 5.75 Å². The fraction of sp³-hybridized carbons (Fsp3) is 0.586. The van der Waals surface area contributed by atoms with Gasteiger partial charge in [-0.3, -0.25) is 9.59 Å². The van der Waals surface area contributed by atoms with Crippen LogP contribution in [0.15, 0.2) is 40.7 Å². The van der Waals surface area contributed by atoms with Gasteiger partial charge in [0.2, 0.25) is 0 Å². The fourth-order valence-electron chi connectivity index (χ4n) is 5.86. The largest absolute Gasteiger partial charge is 0.492 e. The summed E-state index contributed by atoms with van der Waals surface area (Å²) in [5.41, 5.74) is 4.18. The van der Waals surface area contributed by atoms with Crippen LogP contribution in [0.1, 0.15) is 78.2 Å². The van der Waals surface area contributed by atoms with Crippen LogP contribution in [-0.4, -0.2) is 43.3 Å². The highest BCUT2D eigenvalue weighted by molar-refractivity contribution is 6.32. The maximum absolute atomic E-state index is 13.7. The van der Waals surface area contributed by atoms with Crippen LogP contribution in [0, 0.1) is 10.8 Å². The summed E-state index contributed by atoms with van der Waals surface area (Å²) in [7, 11) is 1.69. The number of ether oxygens (including phenoxy) is 2. The smallest absolute Gasteiger partial charge is 0.162 e. The van der Waals surface area contributed by atoms with E-state index in [1.54, 1.807) is 7.11 Å². The molecule has 3 aliphatic rings. The third-order valence-corrected chi connectivity index (χ3v) is 7.59. The van der Waals surface area contributed by atoms with E-state index in [2.05, 4.69) is 32.6 Å². The first kappa shape index (κ1) is 26.0. The Hall–Kier alpha value is -2.11. The first-order valence-corrected chi connectivity index (χ1v) is 13.1. The molecule has 0 N–H and O–H groups in total. The molecule has 0 saturated carbocycles. The molecule has 35 heavy (non-hydrogen) atoms. The monoisotopic (exact) mass is 499 g/mol. The number of allylic oxidation sites excluding steroid dienone is 4. The summed E-state index contributed by atoms with van der Waals surface area (Å²) >= 11 is 6.64. The molecule has 0 spiro atoms. The van der Waals surface area contributed by atoms with Crippen LogP contribution in [-0.2, 0) is 14.3 Å². The van der Waals surface area contributed by atoms with Gasteiger partial charge >= 0.3 is 0 Å². The van der Waals surface area contributed by atoms with E-state index in [1.165, 1.54) is 0 Å². The highest BCUT2D eigenvalue weighted by Crippen LogP contribution is 2.54. The lowest BCUT2D eigenvalue weighted by atomic mass is 9.63.